The lowest BCUT2D eigenvalue weighted by Gasteiger charge is -2.12. The first kappa shape index (κ1) is 11.0. The summed E-state index contributed by atoms with van der Waals surface area (Å²) in [4.78, 5) is 8.21. The highest BCUT2D eigenvalue weighted by atomic mass is 32.2. The number of aryl methyl sites for hydroxylation is 1. The van der Waals surface area contributed by atoms with Gasteiger partial charge in [0.15, 0.2) is 5.16 Å². The summed E-state index contributed by atoms with van der Waals surface area (Å²) >= 11 is 1.39. The Bertz CT molecular complexity index is 339. The molecule has 0 saturated heterocycles. The Morgan fingerprint density at radius 1 is 1.57 bits per heavy atom. The van der Waals surface area contributed by atoms with E-state index in [0.29, 0.717) is 10.9 Å². The van der Waals surface area contributed by atoms with Crippen molar-refractivity contribution in [2.24, 2.45) is 5.73 Å². The molecule has 74 valence electrons. The maximum atomic E-state index is 8.69. The molecule has 0 bridgehead atoms. The van der Waals surface area contributed by atoms with Crippen LogP contribution in [-0.4, -0.2) is 21.3 Å². The second-order valence-electron chi connectivity index (χ2n) is 3.36. The predicted molar refractivity (Wildman–Crippen MR) is 55.7 cm³/mol. The molecule has 0 radical (unpaired) electrons. The van der Waals surface area contributed by atoms with Crippen molar-refractivity contribution >= 4 is 11.8 Å². The van der Waals surface area contributed by atoms with Crippen molar-refractivity contribution in [2.45, 2.75) is 24.5 Å². The summed E-state index contributed by atoms with van der Waals surface area (Å²) in [5, 5.41) is 9.34. The van der Waals surface area contributed by atoms with E-state index in [1.165, 1.54) is 11.8 Å². The molecule has 1 unspecified atom stereocenters. The minimum Gasteiger partial charge on any atom is -0.313 e. The van der Waals surface area contributed by atoms with Crippen LogP contribution in [0.3, 0.4) is 0 Å². The van der Waals surface area contributed by atoms with Gasteiger partial charge in [-0.05, 0) is 19.4 Å². The first-order valence-corrected chi connectivity index (χ1v) is 5.14. The Morgan fingerprint density at radius 3 is 2.64 bits per heavy atom. The number of aromatic nitrogens is 2. The molecule has 0 fully saturated rings. The number of hydrogen-bond acceptors (Lipinski definition) is 5. The molecule has 1 atom stereocenters. The van der Waals surface area contributed by atoms with E-state index in [2.05, 4.69) is 9.97 Å². The first-order chi connectivity index (χ1) is 6.53. The fraction of sp³-hybridized carbons (Fsp3) is 0.444. The van der Waals surface area contributed by atoms with Crippen molar-refractivity contribution in [3.05, 3.63) is 18.0 Å². The van der Waals surface area contributed by atoms with Gasteiger partial charge in [-0.25, -0.2) is 9.97 Å². The lowest BCUT2D eigenvalue weighted by Crippen LogP contribution is -2.36. The van der Waals surface area contributed by atoms with Crippen LogP contribution in [0.2, 0.25) is 0 Å². The highest BCUT2D eigenvalue weighted by Gasteiger charge is 2.17. The third kappa shape index (κ3) is 3.32. The fourth-order valence-electron chi connectivity index (χ4n) is 0.702. The molecule has 0 spiro atoms. The highest BCUT2D eigenvalue weighted by molar-refractivity contribution is 7.99. The predicted octanol–water partition coefficient (Wildman–Crippen LogP) is 1.12. The van der Waals surface area contributed by atoms with Gasteiger partial charge in [-0.2, -0.15) is 5.26 Å². The van der Waals surface area contributed by atoms with Crippen molar-refractivity contribution in [3.8, 4) is 6.07 Å². The Kier molecular flexibility index (Phi) is 3.44. The van der Waals surface area contributed by atoms with E-state index < -0.39 is 5.54 Å². The van der Waals surface area contributed by atoms with Crippen LogP contribution in [0.25, 0.3) is 0 Å². The fourth-order valence-corrected chi connectivity index (χ4v) is 1.45. The summed E-state index contributed by atoms with van der Waals surface area (Å²) in [6.07, 6.45) is 3.49. The molecule has 1 rings (SSSR count). The van der Waals surface area contributed by atoms with Gasteiger partial charge < -0.3 is 5.73 Å². The van der Waals surface area contributed by atoms with Gasteiger partial charge in [-0.3, -0.25) is 0 Å². The van der Waals surface area contributed by atoms with Crippen LogP contribution >= 0.6 is 11.8 Å². The number of rotatable bonds is 3. The maximum absolute atomic E-state index is 8.69. The minimum atomic E-state index is -0.821. The number of hydrogen-bond donors (Lipinski definition) is 1. The summed E-state index contributed by atoms with van der Waals surface area (Å²) < 4.78 is 0. The summed E-state index contributed by atoms with van der Waals surface area (Å²) in [6, 6.07) is 2.02. The van der Waals surface area contributed by atoms with Crippen molar-refractivity contribution in [1.82, 2.24) is 9.97 Å². The monoisotopic (exact) mass is 208 g/mol. The zero-order chi connectivity index (χ0) is 10.6. The van der Waals surface area contributed by atoms with Gasteiger partial charge in [-0.15, -0.1) is 0 Å². The molecule has 4 nitrogen and oxygen atoms in total. The van der Waals surface area contributed by atoms with Gasteiger partial charge in [0.05, 0.1) is 6.07 Å². The normalized spacial score (nSPS) is 14.4. The second-order valence-corrected chi connectivity index (χ2v) is 4.30. The smallest absolute Gasteiger partial charge is 0.187 e. The molecular formula is C9H12N4S. The number of thioether (sulfide) groups is 1. The number of nitriles is 1. The van der Waals surface area contributed by atoms with Gasteiger partial charge in [0.25, 0.3) is 0 Å². The van der Waals surface area contributed by atoms with Gasteiger partial charge in [-0.1, -0.05) is 11.8 Å². The molecule has 5 heteroatoms. The lowest BCUT2D eigenvalue weighted by molar-refractivity contribution is 0.680. The number of nitrogens with zero attached hydrogens (tertiary/aromatic N) is 3. The average Bonchev–Trinajstić information content (AvgIpc) is 2.17. The van der Waals surface area contributed by atoms with Gasteiger partial charge in [0.2, 0.25) is 0 Å². The molecule has 0 saturated carbocycles. The zero-order valence-electron chi connectivity index (χ0n) is 8.19. The summed E-state index contributed by atoms with van der Waals surface area (Å²) in [7, 11) is 0. The van der Waals surface area contributed by atoms with Crippen LogP contribution in [-0.2, 0) is 0 Å². The Labute approximate surface area is 87.6 Å². The van der Waals surface area contributed by atoms with Crippen molar-refractivity contribution in [2.75, 3.05) is 5.75 Å². The van der Waals surface area contributed by atoms with Gasteiger partial charge in [0.1, 0.15) is 5.54 Å². The van der Waals surface area contributed by atoms with E-state index >= 15 is 0 Å². The Hall–Kier alpha value is -1.12. The Balaban J connectivity index is 2.55. The van der Waals surface area contributed by atoms with E-state index in [9.17, 15) is 0 Å². The zero-order valence-corrected chi connectivity index (χ0v) is 9.01. The molecule has 0 aromatic carbocycles. The second kappa shape index (κ2) is 4.40. The van der Waals surface area contributed by atoms with Crippen LogP contribution in [0.15, 0.2) is 17.6 Å². The van der Waals surface area contributed by atoms with Crippen molar-refractivity contribution < 1.29 is 0 Å². The lowest BCUT2D eigenvalue weighted by atomic mass is 10.1. The average molecular weight is 208 g/mol. The Morgan fingerprint density at radius 2 is 2.14 bits per heavy atom. The molecular weight excluding hydrogens is 196 g/mol. The molecule has 0 aliphatic carbocycles. The molecule has 1 aromatic rings. The van der Waals surface area contributed by atoms with E-state index in [4.69, 9.17) is 11.0 Å². The SMILES string of the molecule is Cc1cnc(SCC(C)(N)C#N)nc1. The largest absolute Gasteiger partial charge is 0.313 e. The minimum absolute atomic E-state index is 0.493. The molecule has 0 aliphatic rings. The van der Waals surface area contributed by atoms with E-state index in [1.54, 1.807) is 19.3 Å². The molecule has 1 aromatic heterocycles. The van der Waals surface area contributed by atoms with Crippen LogP contribution in [0.4, 0.5) is 0 Å². The summed E-state index contributed by atoms with van der Waals surface area (Å²) in [5.74, 6) is 0.493. The van der Waals surface area contributed by atoms with Gasteiger partial charge >= 0.3 is 0 Å². The van der Waals surface area contributed by atoms with E-state index in [-0.39, 0.29) is 0 Å². The summed E-state index contributed by atoms with van der Waals surface area (Å²) in [6.45, 7) is 3.62. The van der Waals surface area contributed by atoms with Crippen LogP contribution in [0, 0.1) is 18.3 Å². The van der Waals surface area contributed by atoms with Crippen LogP contribution in [0.1, 0.15) is 12.5 Å². The number of nitrogens with two attached hydrogens (primary N) is 1. The van der Waals surface area contributed by atoms with Crippen LogP contribution in [0.5, 0.6) is 0 Å². The molecule has 14 heavy (non-hydrogen) atoms. The van der Waals surface area contributed by atoms with E-state index in [1.807, 2.05) is 13.0 Å². The summed E-state index contributed by atoms with van der Waals surface area (Å²) in [5.41, 5.74) is 5.85. The standard InChI is InChI=1S/C9H12N4S/c1-7-3-12-8(13-4-7)14-6-9(2,11)5-10/h3-4H,6,11H2,1-2H3. The quantitative estimate of drug-likeness (QED) is 0.595. The third-order valence-electron chi connectivity index (χ3n) is 1.51. The molecule has 1 heterocycles. The van der Waals surface area contributed by atoms with Crippen LogP contribution < -0.4 is 5.73 Å². The molecule has 0 aliphatic heterocycles. The van der Waals surface area contributed by atoms with Crippen molar-refractivity contribution in [3.63, 3.8) is 0 Å². The van der Waals surface area contributed by atoms with Crippen molar-refractivity contribution in [1.29, 1.82) is 5.26 Å². The maximum Gasteiger partial charge on any atom is 0.187 e. The topological polar surface area (TPSA) is 75.6 Å². The highest BCUT2D eigenvalue weighted by Crippen LogP contribution is 2.16. The molecule has 0 amide bonds. The van der Waals surface area contributed by atoms with E-state index in [0.717, 1.165) is 5.56 Å². The third-order valence-corrected chi connectivity index (χ3v) is 2.73. The first-order valence-electron chi connectivity index (χ1n) is 4.15. The molecule has 2 N–H and O–H groups in total. The van der Waals surface area contributed by atoms with Gasteiger partial charge in [0, 0.05) is 18.1 Å².